The molecule has 0 radical (unpaired) electrons. The molecule has 0 aliphatic carbocycles. The summed E-state index contributed by atoms with van der Waals surface area (Å²) in [6.07, 6.45) is 1.79. The van der Waals surface area contributed by atoms with Crippen LogP contribution in [0.5, 0.6) is 0 Å². The Morgan fingerprint density at radius 2 is 2.28 bits per heavy atom. The van der Waals surface area contributed by atoms with E-state index in [9.17, 15) is 5.11 Å². The number of nitrogens with two attached hydrogens (primary N) is 1. The average Bonchev–Trinajstić information content (AvgIpc) is 2.34. The summed E-state index contributed by atoms with van der Waals surface area (Å²) >= 11 is 0. The second-order valence-corrected chi connectivity index (χ2v) is 5.13. The van der Waals surface area contributed by atoms with E-state index in [1.54, 1.807) is 6.20 Å². The normalized spacial score (nSPS) is 24.1. The maximum absolute atomic E-state index is 10.3. The van der Waals surface area contributed by atoms with Crippen LogP contribution < -0.4 is 5.73 Å². The Morgan fingerprint density at radius 3 is 3.00 bits per heavy atom. The molecule has 2 atom stereocenters. The minimum Gasteiger partial charge on any atom is -0.388 e. The quantitative estimate of drug-likeness (QED) is 0.809. The first-order valence-corrected chi connectivity index (χ1v) is 6.35. The van der Waals surface area contributed by atoms with Crippen molar-refractivity contribution in [3.8, 4) is 0 Å². The van der Waals surface area contributed by atoms with Gasteiger partial charge in [0.25, 0.3) is 0 Å². The molecule has 0 amide bonds. The number of likely N-dealkylation sites (N-methyl/N-ethyl adjacent to an activating group) is 2. The zero-order chi connectivity index (χ0) is 13.1. The smallest absolute Gasteiger partial charge is 0.129 e. The summed E-state index contributed by atoms with van der Waals surface area (Å²) in [7, 11) is 4.22. The van der Waals surface area contributed by atoms with E-state index in [0.29, 0.717) is 18.3 Å². The van der Waals surface area contributed by atoms with Crippen molar-refractivity contribution < 1.29 is 5.11 Å². The monoisotopic (exact) mass is 250 g/mol. The Balaban J connectivity index is 2.02. The lowest BCUT2D eigenvalue weighted by Crippen LogP contribution is -2.50. The van der Waals surface area contributed by atoms with Gasteiger partial charge in [-0.05, 0) is 26.6 Å². The van der Waals surface area contributed by atoms with Gasteiger partial charge in [0.2, 0.25) is 0 Å². The fraction of sp³-hybridized carbons (Fsp3) is 0.615. The van der Waals surface area contributed by atoms with Crippen LogP contribution in [0.25, 0.3) is 0 Å². The van der Waals surface area contributed by atoms with Gasteiger partial charge < -0.3 is 20.6 Å². The van der Waals surface area contributed by atoms with Crippen molar-refractivity contribution in [2.45, 2.75) is 18.6 Å². The number of hydrogen-bond acceptors (Lipinski definition) is 5. The fourth-order valence-electron chi connectivity index (χ4n) is 2.45. The second-order valence-electron chi connectivity index (χ2n) is 5.13. The van der Waals surface area contributed by atoms with Crippen LogP contribution in [0.2, 0.25) is 0 Å². The van der Waals surface area contributed by atoms with Gasteiger partial charge in [-0.15, -0.1) is 0 Å². The Morgan fingerprint density at radius 1 is 1.50 bits per heavy atom. The summed E-state index contributed by atoms with van der Waals surface area (Å²) in [6, 6.07) is 4.02. The van der Waals surface area contributed by atoms with Gasteiger partial charge in [0.1, 0.15) is 5.82 Å². The highest BCUT2D eigenvalue weighted by molar-refractivity contribution is 5.40. The van der Waals surface area contributed by atoms with Gasteiger partial charge in [-0.25, -0.2) is 4.98 Å². The molecule has 1 fully saturated rings. The predicted molar refractivity (Wildman–Crippen MR) is 72.1 cm³/mol. The lowest BCUT2D eigenvalue weighted by Gasteiger charge is -2.38. The molecular formula is C13H22N4O. The van der Waals surface area contributed by atoms with E-state index in [0.717, 1.165) is 25.2 Å². The molecule has 0 bridgehead atoms. The highest BCUT2D eigenvalue weighted by atomic mass is 16.3. The third-order valence-electron chi connectivity index (χ3n) is 3.71. The summed E-state index contributed by atoms with van der Waals surface area (Å²) < 4.78 is 0. The van der Waals surface area contributed by atoms with E-state index in [1.807, 2.05) is 12.1 Å². The summed E-state index contributed by atoms with van der Waals surface area (Å²) in [4.78, 5) is 8.62. The number of aliphatic hydroxyl groups excluding tert-OH is 1. The lowest BCUT2D eigenvalue weighted by molar-refractivity contribution is 0.0636. The molecule has 0 aromatic carbocycles. The van der Waals surface area contributed by atoms with Crippen molar-refractivity contribution in [2.75, 3.05) is 39.5 Å². The highest BCUT2D eigenvalue weighted by Gasteiger charge is 2.25. The van der Waals surface area contributed by atoms with Crippen LogP contribution >= 0.6 is 0 Å². The second kappa shape index (κ2) is 5.65. The Kier molecular flexibility index (Phi) is 4.16. The molecule has 0 spiro atoms. The van der Waals surface area contributed by atoms with Gasteiger partial charge in [-0.1, -0.05) is 6.07 Å². The molecule has 2 unspecified atom stereocenters. The van der Waals surface area contributed by atoms with Gasteiger partial charge in [0.05, 0.1) is 6.10 Å². The largest absolute Gasteiger partial charge is 0.388 e. The van der Waals surface area contributed by atoms with E-state index < -0.39 is 6.10 Å². The van der Waals surface area contributed by atoms with Crippen molar-refractivity contribution in [2.24, 2.45) is 0 Å². The van der Waals surface area contributed by atoms with E-state index in [2.05, 4.69) is 28.9 Å². The minimum absolute atomic E-state index is 0.360. The summed E-state index contributed by atoms with van der Waals surface area (Å²) in [5.74, 6) is 0.428. The molecule has 1 saturated heterocycles. The third kappa shape index (κ3) is 2.98. The van der Waals surface area contributed by atoms with E-state index >= 15 is 0 Å². The molecule has 1 aromatic heterocycles. The Hall–Kier alpha value is -1.17. The number of aromatic nitrogens is 1. The molecule has 1 aliphatic rings. The van der Waals surface area contributed by atoms with Crippen molar-refractivity contribution in [3.05, 3.63) is 23.9 Å². The SMILES string of the molecule is CN1CCN(C)C(CC(O)c2cccnc2N)C1. The maximum atomic E-state index is 10.3. The summed E-state index contributed by atoms with van der Waals surface area (Å²) in [5.41, 5.74) is 6.53. The molecule has 1 aliphatic heterocycles. The van der Waals surface area contributed by atoms with Crippen LogP contribution in [0, 0.1) is 0 Å². The lowest BCUT2D eigenvalue weighted by atomic mass is 10.00. The third-order valence-corrected chi connectivity index (χ3v) is 3.71. The summed E-state index contributed by atoms with van der Waals surface area (Å²) in [5, 5.41) is 10.3. The number of nitrogen functional groups attached to an aromatic ring is 1. The van der Waals surface area contributed by atoms with Gasteiger partial charge in [0, 0.05) is 37.4 Å². The van der Waals surface area contributed by atoms with E-state index in [4.69, 9.17) is 5.73 Å². The van der Waals surface area contributed by atoms with E-state index in [-0.39, 0.29) is 0 Å². The molecule has 5 nitrogen and oxygen atoms in total. The zero-order valence-corrected chi connectivity index (χ0v) is 11.1. The topological polar surface area (TPSA) is 65.6 Å². The highest BCUT2D eigenvalue weighted by Crippen LogP contribution is 2.24. The average molecular weight is 250 g/mol. The van der Waals surface area contributed by atoms with Crippen molar-refractivity contribution in [1.29, 1.82) is 0 Å². The minimum atomic E-state index is -0.544. The van der Waals surface area contributed by atoms with Gasteiger partial charge in [-0.2, -0.15) is 0 Å². The molecular weight excluding hydrogens is 228 g/mol. The molecule has 5 heteroatoms. The van der Waals surface area contributed by atoms with Crippen LogP contribution in [0.1, 0.15) is 18.1 Å². The number of anilines is 1. The predicted octanol–water partition coefficient (Wildman–Crippen LogP) is 0.333. The fourth-order valence-corrected chi connectivity index (χ4v) is 2.45. The number of nitrogens with zero attached hydrogens (tertiary/aromatic N) is 3. The van der Waals surface area contributed by atoms with Crippen LogP contribution in [-0.2, 0) is 0 Å². The first-order chi connectivity index (χ1) is 8.58. The number of piperazine rings is 1. The van der Waals surface area contributed by atoms with Gasteiger partial charge in [-0.3, -0.25) is 0 Å². The molecule has 3 N–H and O–H groups in total. The maximum Gasteiger partial charge on any atom is 0.129 e. The number of aliphatic hydroxyl groups is 1. The molecule has 100 valence electrons. The number of hydrogen-bond donors (Lipinski definition) is 2. The first kappa shape index (κ1) is 13.3. The van der Waals surface area contributed by atoms with Crippen LogP contribution in [0.4, 0.5) is 5.82 Å². The van der Waals surface area contributed by atoms with Crippen molar-refractivity contribution in [1.82, 2.24) is 14.8 Å². The van der Waals surface area contributed by atoms with Crippen LogP contribution in [0.3, 0.4) is 0 Å². The Bertz CT molecular complexity index is 398. The zero-order valence-electron chi connectivity index (χ0n) is 11.1. The Labute approximate surface area is 108 Å². The van der Waals surface area contributed by atoms with Crippen LogP contribution in [-0.4, -0.2) is 59.7 Å². The molecule has 18 heavy (non-hydrogen) atoms. The molecule has 2 rings (SSSR count). The first-order valence-electron chi connectivity index (χ1n) is 6.35. The van der Waals surface area contributed by atoms with Crippen molar-refractivity contribution in [3.63, 3.8) is 0 Å². The summed E-state index contributed by atoms with van der Waals surface area (Å²) in [6.45, 7) is 3.10. The number of rotatable bonds is 3. The van der Waals surface area contributed by atoms with E-state index in [1.165, 1.54) is 0 Å². The molecule has 2 heterocycles. The molecule has 0 saturated carbocycles. The molecule has 1 aromatic rings. The van der Waals surface area contributed by atoms with Crippen molar-refractivity contribution >= 4 is 5.82 Å². The van der Waals surface area contributed by atoms with Gasteiger partial charge in [0.15, 0.2) is 0 Å². The van der Waals surface area contributed by atoms with Gasteiger partial charge >= 0.3 is 0 Å². The standard InChI is InChI=1S/C13H22N4O/c1-16-6-7-17(2)10(9-16)8-12(18)11-4-3-5-15-13(11)14/h3-5,10,12,18H,6-9H2,1-2H3,(H2,14,15). The van der Waals surface area contributed by atoms with Crippen LogP contribution in [0.15, 0.2) is 18.3 Å². The number of pyridine rings is 1.